The molecule has 5 N–H and O–H groups in total. The van der Waals surface area contributed by atoms with E-state index in [1.165, 1.54) is 12.2 Å². The van der Waals surface area contributed by atoms with Crippen molar-refractivity contribution in [3.63, 3.8) is 0 Å². The molecule has 0 radical (unpaired) electrons. The van der Waals surface area contributed by atoms with Gasteiger partial charge in [0.25, 0.3) is 11.8 Å². The van der Waals surface area contributed by atoms with Crippen molar-refractivity contribution >= 4 is 35.6 Å². The molecule has 0 unspecified atom stereocenters. The van der Waals surface area contributed by atoms with Gasteiger partial charge in [0.15, 0.2) is 6.29 Å². The SMILES string of the molecule is O=C1N[C@H]2[C@H](CS[C@H]2CCCCC(=O)Oc2ccc(CO[13CH2][13C@H]3O[13C@@H](OCCCN4C(=O)C=CC4=O)[13C@H](O)[13C@@H](O)[13C@@H]3O)cc2)N1. The summed E-state index contributed by atoms with van der Waals surface area (Å²) in [6.07, 6.45) is -1.22. The number of carbonyl (C=O) groups is 4. The third kappa shape index (κ3) is 8.61. The van der Waals surface area contributed by atoms with Gasteiger partial charge in [0.1, 0.15) is 30.2 Å². The average molecular weight is 656 g/mol. The first-order valence-corrected chi connectivity index (χ1v) is 16.2. The van der Waals surface area contributed by atoms with Crippen LogP contribution in [0.25, 0.3) is 0 Å². The number of hydrogen-bond acceptors (Lipinski definition) is 12. The molecule has 0 aromatic heterocycles. The van der Waals surface area contributed by atoms with Crippen molar-refractivity contribution in [1.82, 2.24) is 15.5 Å². The number of nitrogens with one attached hydrogen (secondary N) is 2. The number of hydrogen-bond donors (Lipinski definition) is 5. The summed E-state index contributed by atoms with van der Waals surface area (Å²) in [4.78, 5) is 48.1. The number of ether oxygens (including phenoxy) is 4. The van der Waals surface area contributed by atoms with Gasteiger partial charge in [-0.05, 0) is 37.0 Å². The lowest BCUT2D eigenvalue weighted by atomic mass is 10.0. The lowest BCUT2D eigenvalue weighted by Gasteiger charge is -2.40. The summed E-state index contributed by atoms with van der Waals surface area (Å²) in [5.74, 6) is 0.197. The molecule has 4 amide bonds. The molecule has 0 saturated carbocycles. The summed E-state index contributed by atoms with van der Waals surface area (Å²) in [5.41, 5.74) is 0.773. The van der Waals surface area contributed by atoms with Crippen LogP contribution in [-0.4, -0.2) is 118 Å². The van der Waals surface area contributed by atoms with Gasteiger partial charge >= 0.3 is 12.0 Å². The highest BCUT2D eigenvalue weighted by Crippen LogP contribution is 2.33. The number of esters is 1. The molecule has 1 aromatic carbocycles. The van der Waals surface area contributed by atoms with E-state index in [9.17, 15) is 34.5 Å². The summed E-state index contributed by atoms with van der Waals surface area (Å²) < 4.78 is 22.3. The minimum Gasteiger partial charge on any atom is -0.427 e. The van der Waals surface area contributed by atoms with E-state index in [0.29, 0.717) is 23.8 Å². The van der Waals surface area contributed by atoms with Gasteiger partial charge in [-0.25, -0.2) is 4.79 Å². The van der Waals surface area contributed by atoms with E-state index in [0.717, 1.165) is 29.1 Å². The van der Waals surface area contributed by atoms with Gasteiger partial charge in [0.05, 0.1) is 31.9 Å². The van der Waals surface area contributed by atoms with Crippen LogP contribution in [-0.2, 0) is 35.2 Å². The van der Waals surface area contributed by atoms with Crippen LogP contribution in [0.1, 0.15) is 37.7 Å². The maximum absolute atomic E-state index is 12.3. The second-order valence-electron chi connectivity index (χ2n) is 11.4. The number of aliphatic hydroxyl groups excluding tert-OH is 3. The van der Waals surface area contributed by atoms with Crippen LogP contribution in [0, 0.1) is 0 Å². The number of rotatable bonds is 15. The van der Waals surface area contributed by atoms with Gasteiger partial charge in [-0.2, -0.15) is 11.8 Å². The summed E-state index contributed by atoms with van der Waals surface area (Å²) in [7, 11) is 0. The molecular formula is C30H39N3O11S. The lowest BCUT2D eigenvalue weighted by molar-refractivity contribution is -0.303. The quantitative estimate of drug-likeness (QED) is 0.0424. The van der Waals surface area contributed by atoms with E-state index in [1.807, 2.05) is 11.8 Å². The Morgan fingerprint density at radius 3 is 2.49 bits per heavy atom. The van der Waals surface area contributed by atoms with E-state index in [-0.39, 0.29) is 56.9 Å². The fourth-order valence-electron chi connectivity index (χ4n) is 5.65. The van der Waals surface area contributed by atoms with E-state index in [1.54, 1.807) is 24.3 Å². The lowest BCUT2D eigenvalue weighted by Crippen LogP contribution is -2.59. The maximum Gasteiger partial charge on any atom is 0.315 e. The molecule has 3 saturated heterocycles. The fourth-order valence-corrected chi connectivity index (χ4v) is 7.20. The van der Waals surface area contributed by atoms with Gasteiger partial charge in [-0.15, -0.1) is 0 Å². The number of benzene rings is 1. The molecule has 0 bridgehead atoms. The highest BCUT2D eigenvalue weighted by molar-refractivity contribution is 8.00. The predicted octanol–water partition coefficient (Wildman–Crippen LogP) is -0.0263. The zero-order chi connectivity index (χ0) is 31.9. The third-order valence-corrected chi connectivity index (χ3v) is 9.65. The second-order valence-corrected chi connectivity index (χ2v) is 12.7. The molecule has 45 heavy (non-hydrogen) atoms. The number of unbranched alkanes of at least 4 members (excludes halogenated alkanes) is 1. The van der Waals surface area contributed by atoms with Gasteiger partial charge in [-0.1, -0.05) is 18.6 Å². The first-order chi connectivity index (χ1) is 21.7. The first kappa shape index (κ1) is 33.3. The molecule has 4 aliphatic rings. The minimum atomic E-state index is -1.53. The molecule has 3 fully saturated rings. The Labute approximate surface area is 264 Å². The number of imide groups is 1. The fraction of sp³-hybridized carbons (Fsp3) is 0.600. The number of thioether (sulfide) groups is 1. The van der Waals surface area contributed by atoms with Crippen LogP contribution in [0.2, 0.25) is 0 Å². The largest absolute Gasteiger partial charge is 0.427 e. The molecule has 0 aliphatic carbocycles. The number of nitrogens with zero attached hydrogens (tertiary/aromatic N) is 1. The van der Waals surface area contributed by atoms with Crippen LogP contribution in [0.15, 0.2) is 36.4 Å². The van der Waals surface area contributed by atoms with E-state index >= 15 is 0 Å². The average Bonchev–Trinajstić information content (AvgIpc) is 3.68. The van der Waals surface area contributed by atoms with Gasteiger partial charge in [0.2, 0.25) is 0 Å². The Kier molecular flexibility index (Phi) is 11.5. The molecule has 246 valence electrons. The summed E-state index contributed by atoms with van der Waals surface area (Å²) >= 11 is 1.85. The minimum absolute atomic E-state index is 0.0331. The van der Waals surface area contributed by atoms with Gasteiger partial charge < -0.3 is 44.9 Å². The predicted molar refractivity (Wildman–Crippen MR) is 159 cm³/mol. The van der Waals surface area contributed by atoms with Crippen molar-refractivity contribution in [2.45, 2.75) is 86.8 Å². The van der Waals surface area contributed by atoms with E-state index in [2.05, 4.69) is 10.6 Å². The highest BCUT2D eigenvalue weighted by Gasteiger charge is 2.44. The molecule has 14 nitrogen and oxygen atoms in total. The Morgan fingerprint density at radius 1 is 0.978 bits per heavy atom. The molecular weight excluding hydrogens is 616 g/mol. The zero-order valence-electron chi connectivity index (χ0n) is 24.6. The van der Waals surface area contributed by atoms with Gasteiger partial charge in [-0.3, -0.25) is 19.3 Å². The van der Waals surface area contributed by atoms with Crippen LogP contribution in [0.3, 0.4) is 0 Å². The van der Waals surface area contributed by atoms with Crippen LogP contribution >= 0.6 is 11.8 Å². The summed E-state index contributed by atoms with van der Waals surface area (Å²) in [5, 5.41) is 37.2. The maximum atomic E-state index is 12.3. The Morgan fingerprint density at radius 2 is 1.73 bits per heavy atom. The number of urea groups is 1. The number of carbonyl (C=O) groups excluding carboxylic acids is 4. The van der Waals surface area contributed by atoms with Crippen molar-refractivity contribution in [2.75, 3.05) is 25.5 Å². The van der Waals surface area contributed by atoms with Crippen LogP contribution in [0.4, 0.5) is 4.79 Å². The van der Waals surface area contributed by atoms with E-state index in [4.69, 9.17) is 18.9 Å². The molecule has 0 spiro atoms. The molecule has 8 atom stereocenters. The highest BCUT2D eigenvalue weighted by atomic mass is 32.2. The normalized spacial score (nSPS) is 30.8. The van der Waals surface area contributed by atoms with Crippen molar-refractivity contribution in [1.29, 1.82) is 0 Å². The smallest absolute Gasteiger partial charge is 0.315 e. The first-order valence-electron chi connectivity index (χ1n) is 15.1. The molecule has 1 aromatic rings. The summed E-state index contributed by atoms with van der Waals surface area (Å²) in [6.45, 7) is 0.206. The van der Waals surface area contributed by atoms with Crippen molar-refractivity contribution in [3.8, 4) is 5.75 Å². The topological polar surface area (TPSA) is 193 Å². The number of amides is 4. The molecule has 4 aliphatic heterocycles. The number of fused-ring (bicyclic) bond motifs is 1. The molecule has 5 rings (SSSR count). The van der Waals surface area contributed by atoms with Crippen molar-refractivity contribution in [3.05, 3.63) is 42.0 Å². The monoisotopic (exact) mass is 655 g/mol. The Hall–Kier alpha value is -3.05. The van der Waals surface area contributed by atoms with Crippen LogP contribution in [0.5, 0.6) is 5.75 Å². The molecule has 4 heterocycles. The van der Waals surface area contributed by atoms with Crippen LogP contribution < -0.4 is 15.4 Å². The van der Waals surface area contributed by atoms with E-state index < -0.39 is 42.5 Å². The zero-order valence-corrected chi connectivity index (χ0v) is 25.4. The van der Waals surface area contributed by atoms with Crippen molar-refractivity contribution in [2.24, 2.45) is 0 Å². The second kappa shape index (κ2) is 15.5. The summed E-state index contributed by atoms with van der Waals surface area (Å²) in [6, 6.07) is 7.06. The third-order valence-electron chi connectivity index (χ3n) is 8.14. The Bertz CT molecular complexity index is 1230. The standard InChI is InChI=1S/C30H39N3O11S/c34-22-10-11-23(35)33(22)12-3-13-42-29-28(39)27(38)26(37)20(44-29)15-41-14-17-6-8-18(9-7-17)43-24(36)5-2-1-4-21-25-19(16-45-21)31-30(40)32-25/h6-11,19-21,25-29,37-39H,1-5,12-16H2,(H2,31,32,40)/t19-,20+,21-,25-,26+,27-,28+,29+/m0/s1/i15+1,20+1,26+1,27+1,28+1,29+1. The number of aliphatic hydroxyl groups is 3. The Balaban J connectivity index is 0.969. The molecule has 15 heteroatoms. The van der Waals surface area contributed by atoms with Crippen molar-refractivity contribution < 1.29 is 53.4 Å². The van der Waals surface area contributed by atoms with Gasteiger partial charge in [0, 0.05) is 36.1 Å².